The number of carbonyl (C=O) groups is 1. The predicted molar refractivity (Wildman–Crippen MR) is 56.1 cm³/mol. The van der Waals surface area contributed by atoms with Crippen LogP contribution in [0.3, 0.4) is 0 Å². The molecule has 0 aromatic carbocycles. The van der Waals surface area contributed by atoms with Crippen molar-refractivity contribution >= 4 is 17.0 Å². The lowest BCUT2D eigenvalue weighted by atomic mass is 10.2. The standard InChI is InChI=1S/C10H10ClN3O/c11-10(15)14(6-2-4-12)8-9-3-1-5-13-7-9/h1,3,5,7H,2,6,8H2. The summed E-state index contributed by atoms with van der Waals surface area (Å²) in [6, 6.07) is 5.61. The maximum absolute atomic E-state index is 11.0. The summed E-state index contributed by atoms with van der Waals surface area (Å²) in [4.78, 5) is 16.4. The zero-order valence-corrected chi connectivity index (χ0v) is 8.81. The maximum atomic E-state index is 11.0. The van der Waals surface area contributed by atoms with Crippen molar-refractivity contribution in [2.75, 3.05) is 6.54 Å². The van der Waals surface area contributed by atoms with Crippen molar-refractivity contribution < 1.29 is 4.79 Å². The summed E-state index contributed by atoms with van der Waals surface area (Å²) in [5, 5.41) is 7.87. The molecule has 0 aliphatic heterocycles. The second-order valence-electron chi connectivity index (χ2n) is 2.94. The molecule has 1 heterocycles. The summed E-state index contributed by atoms with van der Waals surface area (Å²) >= 11 is 5.39. The van der Waals surface area contributed by atoms with Crippen LogP contribution in [-0.4, -0.2) is 21.8 Å². The fourth-order valence-electron chi connectivity index (χ4n) is 1.13. The van der Waals surface area contributed by atoms with Crippen molar-refractivity contribution in [3.63, 3.8) is 0 Å². The second-order valence-corrected chi connectivity index (χ2v) is 3.27. The first kappa shape index (κ1) is 11.5. The molecule has 0 aliphatic carbocycles. The van der Waals surface area contributed by atoms with Gasteiger partial charge in [0.1, 0.15) is 0 Å². The molecule has 0 aliphatic rings. The number of rotatable bonds is 4. The van der Waals surface area contributed by atoms with Gasteiger partial charge in [-0.3, -0.25) is 9.78 Å². The van der Waals surface area contributed by atoms with E-state index >= 15 is 0 Å². The Morgan fingerprint density at radius 1 is 1.67 bits per heavy atom. The topological polar surface area (TPSA) is 57.0 Å². The first-order chi connectivity index (χ1) is 7.24. The van der Waals surface area contributed by atoms with E-state index < -0.39 is 5.37 Å². The number of hydrogen-bond acceptors (Lipinski definition) is 3. The van der Waals surface area contributed by atoms with Crippen LogP contribution in [0.4, 0.5) is 4.79 Å². The highest BCUT2D eigenvalue weighted by atomic mass is 35.5. The Kier molecular flexibility index (Phi) is 4.58. The Morgan fingerprint density at radius 2 is 2.47 bits per heavy atom. The van der Waals surface area contributed by atoms with E-state index in [4.69, 9.17) is 16.9 Å². The first-order valence-electron chi connectivity index (χ1n) is 4.44. The van der Waals surface area contributed by atoms with Crippen LogP contribution in [0.25, 0.3) is 0 Å². The predicted octanol–water partition coefficient (Wildman–Crippen LogP) is 2.16. The average Bonchev–Trinajstić information content (AvgIpc) is 2.25. The van der Waals surface area contributed by atoms with Gasteiger partial charge in [-0.2, -0.15) is 5.26 Å². The van der Waals surface area contributed by atoms with Gasteiger partial charge in [0.25, 0.3) is 0 Å². The molecular weight excluding hydrogens is 214 g/mol. The van der Waals surface area contributed by atoms with Gasteiger partial charge < -0.3 is 4.90 Å². The van der Waals surface area contributed by atoms with E-state index in [1.807, 2.05) is 12.1 Å². The van der Waals surface area contributed by atoms with Crippen molar-refractivity contribution in [2.45, 2.75) is 13.0 Å². The Hall–Kier alpha value is -1.60. The normalized spacial score (nSPS) is 9.33. The van der Waals surface area contributed by atoms with E-state index in [0.29, 0.717) is 13.1 Å². The zero-order valence-electron chi connectivity index (χ0n) is 8.06. The van der Waals surface area contributed by atoms with Crippen LogP contribution >= 0.6 is 11.6 Å². The lowest BCUT2D eigenvalue weighted by Gasteiger charge is -2.17. The molecule has 0 N–H and O–H groups in total. The molecule has 4 nitrogen and oxygen atoms in total. The van der Waals surface area contributed by atoms with Crippen molar-refractivity contribution in [1.29, 1.82) is 5.26 Å². The molecule has 78 valence electrons. The van der Waals surface area contributed by atoms with Crippen LogP contribution in [0.5, 0.6) is 0 Å². The van der Waals surface area contributed by atoms with E-state index in [2.05, 4.69) is 4.98 Å². The van der Waals surface area contributed by atoms with E-state index in [0.717, 1.165) is 5.56 Å². The lowest BCUT2D eigenvalue weighted by Crippen LogP contribution is -2.26. The summed E-state index contributed by atoms with van der Waals surface area (Å²) in [6.07, 6.45) is 3.60. The van der Waals surface area contributed by atoms with Gasteiger partial charge in [-0.1, -0.05) is 6.07 Å². The monoisotopic (exact) mass is 223 g/mol. The van der Waals surface area contributed by atoms with Gasteiger partial charge in [-0.25, -0.2) is 0 Å². The third-order valence-electron chi connectivity index (χ3n) is 1.84. The van der Waals surface area contributed by atoms with Crippen molar-refractivity contribution in [3.8, 4) is 6.07 Å². The number of hydrogen-bond donors (Lipinski definition) is 0. The van der Waals surface area contributed by atoms with E-state index in [-0.39, 0.29) is 6.42 Å². The molecule has 0 bridgehead atoms. The zero-order chi connectivity index (χ0) is 11.1. The number of halogens is 1. The smallest absolute Gasteiger partial charge is 0.316 e. The van der Waals surface area contributed by atoms with Crippen LogP contribution in [-0.2, 0) is 6.54 Å². The van der Waals surface area contributed by atoms with Gasteiger partial charge in [-0.05, 0) is 23.2 Å². The molecule has 5 heteroatoms. The summed E-state index contributed by atoms with van der Waals surface area (Å²) in [5.74, 6) is 0. The van der Waals surface area contributed by atoms with E-state index in [1.54, 1.807) is 18.5 Å². The largest absolute Gasteiger partial charge is 0.324 e. The molecule has 0 radical (unpaired) electrons. The molecule has 0 saturated carbocycles. The Labute approximate surface area is 93.1 Å². The highest BCUT2D eigenvalue weighted by molar-refractivity contribution is 6.62. The minimum absolute atomic E-state index is 0.277. The van der Waals surface area contributed by atoms with Crippen LogP contribution < -0.4 is 0 Å². The minimum Gasteiger partial charge on any atom is -0.324 e. The van der Waals surface area contributed by atoms with Gasteiger partial charge in [-0.15, -0.1) is 0 Å². The summed E-state index contributed by atoms with van der Waals surface area (Å²) in [6.45, 7) is 0.728. The highest BCUT2D eigenvalue weighted by Gasteiger charge is 2.10. The average molecular weight is 224 g/mol. The SMILES string of the molecule is N#CCCN(Cc1cccnc1)C(=O)Cl. The number of nitriles is 1. The van der Waals surface area contributed by atoms with E-state index in [1.165, 1.54) is 4.90 Å². The van der Waals surface area contributed by atoms with Crippen LogP contribution in [0.1, 0.15) is 12.0 Å². The molecule has 0 unspecified atom stereocenters. The van der Waals surface area contributed by atoms with Crippen LogP contribution in [0.15, 0.2) is 24.5 Å². The van der Waals surface area contributed by atoms with Crippen molar-refractivity contribution in [2.24, 2.45) is 0 Å². The van der Waals surface area contributed by atoms with Gasteiger partial charge in [0, 0.05) is 25.5 Å². The first-order valence-corrected chi connectivity index (χ1v) is 4.82. The molecule has 0 atom stereocenters. The van der Waals surface area contributed by atoms with Gasteiger partial charge in [0.05, 0.1) is 12.5 Å². The molecule has 0 spiro atoms. The number of nitrogens with zero attached hydrogens (tertiary/aromatic N) is 3. The summed E-state index contributed by atoms with van der Waals surface area (Å²) in [7, 11) is 0. The Morgan fingerprint density at radius 3 is 3.00 bits per heavy atom. The van der Waals surface area contributed by atoms with Crippen LogP contribution in [0.2, 0.25) is 0 Å². The molecule has 1 rings (SSSR count). The maximum Gasteiger partial charge on any atom is 0.316 e. The van der Waals surface area contributed by atoms with Crippen LogP contribution in [0, 0.1) is 11.3 Å². The molecule has 1 amide bonds. The minimum atomic E-state index is -0.547. The molecular formula is C10H10ClN3O. The third kappa shape index (κ3) is 3.96. The van der Waals surface area contributed by atoms with Gasteiger partial charge in [0.15, 0.2) is 0 Å². The third-order valence-corrected chi connectivity index (χ3v) is 2.08. The highest BCUT2D eigenvalue weighted by Crippen LogP contribution is 2.06. The fraction of sp³-hybridized carbons (Fsp3) is 0.300. The number of pyridine rings is 1. The number of aromatic nitrogens is 1. The second kappa shape index (κ2) is 5.99. The van der Waals surface area contributed by atoms with Crippen molar-refractivity contribution in [1.82, 2.24) is 9.88 Å². The van der Waals surface area contributed by atoms with E-state index in [9.17, 15) is 4.79 Å². The molecule has 1 aromatic heterocycles. The number of amides is 1. The molecule has 0 fully saturated rings. The molecule has 15 heavy (non-hydrogen) atoms. The Bertz CT molecular complexity index is 361. The van der Waals surface area contributed by atoms with Crippen molar-refractivity contribution in [3.05, 3.63) is 30.1 Å². The Balaban J connectivity index is 2.60. The molecule has 0 saturated heterocycles. The molecule has 1 aromatic rings. The fourth-order valence-corrected chi connectivity index (χ4v) is 1.27. The summed E-state index contributed by atoms with van der Waals surface area (Å²) in [5.41, 5.74) is 0.893. The quantitative estimate of drug-likeness (QED) is 0.581. The summed E-state index contributed by atoms with van der Waals surface area (Å²) < 4.78 is 0. The van der Waals surface area contributed by atoms with Gasteiger partial charge in [0.2, 0.25) is 0 Å². The number of carbonyl (C=O) groups excluding carboxylic acids is 1. The lowest BCUT2D eigenvalue weighted by molar-refractivity contribution is 0.220. The van der Waals surface area contributed by atoms with Gasteiger partial charge >= 0.3 is 5.37 Å².